The normalized spacial score (nSPS) is 18.1. The van der Waals surface area contributed by atoms with E-state index in [0.29, 0.717) is 15.8 Å². The van der Waals surface area contributed by atoms with Gasteiger partial charge in [0.25, 0.3) is 0 Å². The minimum absolute atomic E-state index is 0.0226. The number of fused-ring (bicyclic) bond motifs is 1. The highest BCUT2D eigenvalue weighted by atomic mass is 35.5. The first-order valence-corrected chi connectivity index (χ1v) is 6.91. The fraction of sp³-hybridized carbons (Fsp3) is 0.200. The fourth-order valence-electron chi connectivity index (χ4n) is 2.60. The molecular weight excluding hydrogens is 281 g/mol. The first kappa shape index (κ1) is 12.8. The Morgan fingerprint density at radius 1 is 1.11 bits per heavy atom. The second-order valence-corrected chi connectivity index (χ2v) is 5.47. The van der Waals surface area contributed by atoms with E-state index in [-0.39, 0.29) is 6.04 Å². The highest BCUT2D eigenvalue weighted by Gasteiger charge is 2.25. The first-order chi connectivity index (χ1) is 9.16. The topological polar surface area (TPSA) is 32.3 Å². The molecule has 0 aliphatic carbocycles. The van der Waals surface area contributed by atoms with Crippen molar-refractivity contribution < 1.29 is 5.11 Å². The Labute approximate surface area is 122 Å². The molecule has 3 rings (SSSR count). The van der Waals surface area contributed by atoms with Crippen LogP contribution in [0.2, 0.25) is 10.0 Å². The van der Waals surface area contributed by atoms with Crippen molar-refractivity contribution in [1.29, 1.82) is 0 Å². The van der Waals surface area contributed by atoms with Gasteiger partial charge in [-0.05, 0) is 41.8 Å². The average Bonchev–Trinajstić information content (AvgIpc) is 2.38. The van der Waals surface area contributed by atoms with E-state index in [1.54, 1.807) is 6.07 Å². The third kappa shape index (κ3) is 2.32. The summed E-state index contributed by atoms with van der Waals surface area (Å²) in [5.41, 5.74) is 3.16. The van der Waals surface area contributed by atoms with Crippen molar-refractivity contribution in [1.82, 2.24) is 5.32 Å². The van der Waals surface area contributed by atoms with Gasteiger partial charge >= 0.3 is 0 Å². The van der Waals surface area contributed by atoms with Gasteiger partial charge in [-0.2, -0.15) is 0 Å². The van der Waals surface area contributed by atoms with Crippen LogP contribution in [0.25, 0.3) is 0 Å². The molecule has 0 bridgehead atoms. The molecule has 0 fully saturated rings. The standard InChI is InChI=1S/C15H13Cl2NO/c16-12-2-1-3-13(17)14(12)15-11-5-4-10(19)8-9(11)6-7-18-15/h1-5,8,15,18-19H,6-7H2. The maximum atomic E-state index is 9.58. The molecule has 1 aliphatic heterocycles. The minimum Gasteiger partial charge on any atom is -0.508 e. The summed E-state index contributed by atoms with van der Waals surface area (Å²) < 4.78 is 0. The number of halogens is 2. The Morgan fingerprint density at radius 3 is 2.58 bits per heavy atom. The Bertz CT molecular complexity index is 607. The molecule has 2 nitrogen and oxygen atoms in total. The molecule has 98 valence electrons. The monoisotopic (exact) mass is 293 g/mol. The lowest BCUT2D eigenvalue weighted by atomic mass is 9.89. The second-order valence-electron chi connectivity index (χ2n) is 4.66. The van der Waals surface area contributed by atoms with E-state index in [9.17, 15) is 5.11 Å². The SMILES string of the molecule is Oc1ccc2c(c1)CCNC2c1c(Cl)cccc1Cl. The van der Waals surface area contributed by atoms with Crippen molar-refractivity contribution in [3.8, 4) is 5.75 Å². The van der Waals surface area contributed by atoms with Gasteiger partial charge in [-0.15, -0.1) is 0 Å². The number of phenolic OH excluding ortho intramolecular Hbond substituents is 1. The van der Waals surface area contributed by atoms with Gasteiger partial charge in [0.15, 0.2) is 0 Å². The number of benzene rings is 2. The zero-order chi connectivity index (χ0) is 13.4. The van der Waals surface area contributed by atoms with Crippen molar-refractivity contribution in [2.24, 2.45) is 0 Å². The van der Waals surface area contributed by atoms with Gasteiger partial charge < -0.3 is 10.4 Å². The Hall–Kier alpha value is -1.22. The van der Waals surface area contributed by atoms with E-state index in [1.165, 1.54) is 0 Å². The quantitative estimate of drug-likeness (QED) is 0.835. The molecule has 4 heteroatoms. The summed E-state index contributed by atoms with van der Waals surface area (Å²) in [5, 5.41) is 14.3. The Morgan fingerprint density at radius 2 is 1.84 bits per heavy atom. The van der Waals surface area contributed by atoms with E-state index in [4.69, 9.17) is 23.2 Å². The van der Waals surface area contributed by atoms with Crippen LogP contribution in [-0.4, -0.2) is 11.7 Å². The average molecular weight is 294 g/mol. The maximum Gasteiger partial charge on any atom is 0.115 e. The third-order valence-electron chi connectivity index (χ3n) is 3.47. The van der Waals surface area contributed by atoms with Crippen molar-refractivity contribution in [3.63, 3.8) is 0 Å². The summed E-state index contributed by atoms with van der Waals surface area (Å²) in [6.45, 7) is 0.836. The lowest BCUT2D eigenvalue weighted by Crippen LogP contribution is -2.30. The molecule has 0 saturated heterocycles. The van der Waals surface area contributed by atoms with E-state index in [0.717, 1.165) is 29.7 Å². The van der Waals surface area contributed by atoms with E-state index in [2.05, 4.69) is 5.32 Å². The number of aromatic hydroxyl groups is 1. The smallest absolute Gasteiger partial charge is 0.115 e. The molecule has 0 aromatic heterocycles. The van der Waals surface area contributed by atoms with Gasteiger partial charge in [-0.1, -0.05) is 35.3 Å². The molecule has 2 aromatic rings. The van der Waals surface area contributed by atoms with Crippen LogP contribution in [-0.2, 0) is 6.42 Å². The molecule has 0 amide bonds. The van der Waals surface area contributed by atoms with Gasteiger partial charge in [0.2, 0.25) is 0 Å². The maximum absolute atomic E-state index is 9.58. The molecule has 0 radical (unpaired) electrons. The molecule has 0 saturated carbocycles. The van der Waals surface area contributed by atoms with Crippen molar-refractivity contribution in [2.75, 3.05) is 6.54 Å². The highest BCUT2D eigenvalue weighted by molar-refractivity contribution is 6.36. The predicted octanol–water partition coefficient (Wildman–Crippen LogP) is 3.93. The Kier molecular flexibility index (Phi) is 3.40. The third-order valence-corrected chi connectivity index (χ3v) is 4.13. The van der Waals surface area contributed by atoms with Gasteiger partial charge in [0.05, 0.1) is 6.04 Å². The minimum atomic E-state index is -0.0226. The van der Waals surface area contributed by atoms with Crippen LogP contribution in [0.1, 0.15) is 22.7 Å². The lowest BCUT2D eigenvalue weighted by Gasteiger charge is -2.28. The lowest BCUT2D eigenvalue weighted by molar-refractivity contribution is 0.471. The molecule has 2 aromatic carbocycles. The predicted molar refractivity (Wildman–Crippen MR) is 78.1 cm³/mol. The van der Waals surface area contributed by atoms with Crippen LogP contribution >= 0.6 is 23.2 Å². The summed E-state index contributed by atoms with van der Waals surface area (Å²) in [6, 6.07) is 11.0. The summed E-state index contributed by atoms with van der Waals surface area (Å²) in [4.78, 5) is 0. The Balaban J connectivity index is 2.14. The van der Waals surface area contributed by atoms with Crippen LogP contribution in [0, 0.1) is 0 Å². The van der Waals surface area contributed by atoms with Crippen molar-refractivity contribution >= 4 is 23.2 Å². The first-order valence-electron chi connectivity index (χ1n) is 6.16. The summed E-state index contributed by atoms with van der Waals surface area (Å²) in [7, 11) is 0. The van der Waals surface area contributed by atoms with Crippen LogP contribution in [0.4, 0.5) is 0 Å². The summed E-state index contributed by atoms with van der Waals surface area (Å²) >= 11 is 12.6. The number of phenols is 1. The molecule has 1 heterocycles. The molecule has 1 unspecified atom stereocenters. The van der Waals surface area contributed by atoms with Gasteiger partial charge in [-0.3, -0.25) is 0 Å². The number of hydrogen-bond acceptors (Lipinski definition) is 2. The van der Waals surface area contributed by atoms with Crippen LogP contribution in [0.15, 0.2) is 36.4 Å². The van der Waals surface area contributed by atoms with Crippen molar-refractivity contribution in [2.45, 2.75) is 12.5 Å². The van der Waals surface area contributed by atoms with E-state index in [1.807, 2.05) is 30.3 Å². The van der Waals surface area contributed by atoms with Crippen molar-refractivity contribution in [3.05, 3.63) is 63.1 Å². The van der Waals surface area contributed by atoms with Gasteiger partial charge in [-0.25, -0.2) is 0 Å². The van der Waals surface area contributed by atoms with E-state index >= 15 is 0 Å². The number of hydrogen-bond donors (Lipinski definition) is 2. The fourth-order valence-corrected chi connectivity index (χ4v) is 3.21. The van der Waals surface area contributed by atoms with Crippen LogP contribution < -0.4 is 5.32 Å². The molecule has 1 atom stereocenters. The molecule has 0 spiro atoms. The largest absolute Gasteiger partial charge is 0.508 e. The zero-order valence-electron chi connectivity index (χ0n) is 10.2. The number of nitrogens with one attached hydrogen (secondary N) is 1. The zero-order valence-corrected chi connectivity index (χ0v) is 11.7. The molecular formula is C15H13Cl2NO. The van der Waals surface area contributed by atoms with Crippen LogP contribution in [0.5, 0.6) is 5.75 Å². The van der Waals surface area contributed by atoms with E-state index < -0.39 is 0 Å². The van der Waals surface area contributed by atoms with Crippen LogP contribution in [0.3, 0.4) is 0 Å². The number of rotatable bonds is 1. The second kappa shape index (κ2) is 5.04. The van der Waals surface area contributed by atoms with Gasteiger partial charge in [0.1, 0.15) is 5.75 Å². The van der Waals surface area contributed by atoms with Gasteiger partial charge in [0, 0.05) is 22.2 Å². The summed E-state index contributed by atoms with van der Waals surface area (Å²) in [6.07, 6.45) is 0.891. The highest BCUT2D eigenvalue weighted by Crippen LogP contribution is 2.37. The molecule has 19 heavy (non-hydrogen) atoms. The summed E-state index contributed by atoms with van der Waals surface area (Å²) in [5.74, 6) is 0.296. The molecule has 2 N–H and O–H groups in total. The molecule has 1 aliphatic rings.